The van der Waals surface area contributed by atoms with E-state index in [9.17, 15) is 4.79 Å². The summed E-state index contributed by atoms with van der Waals surface area (Å²) >= 11 is 0. The van der Waals surface area contributed by atoms with Crippen LogP contribution >= 0.6 is 0 Å². The smallest absolute Gasteiger partial charge is 0.152 e. The van der Waals surface area contributed by atoms with Crippen LogP contribution in [0.1, 0.15) is 52.7 Å². The molecule has 22 heavy (non-hydrogen) atoms. The van der Waals surface area contributed by atoms with E-state index >= 15 is 0 Å². The molecule has 0 saturated heterocycles. The maximum absolute atomic E-state index is 11.8. The van der Waals surface area contributed by atoms with Crippen molar-refractivity contribution < 1.29 is 9.63 Å². The molecular formula is C18H30N2O2. The van der Waals surface area contributed by atoms with E-state index < -0.39 is 6.04 Å². The molecule has 4 heteroatoms. The van der Waals surface area contributed by atoms with Crippen molar-refractivity contribution in [3.63, 3.8) is 0 Å². The Hall–Kier alpha value is -1.68. The summed E-state index contributed by atoms with van der Waals surface area (Å²) in [4.78, 5) is 16.8. The fraction of sp³-hybridized carbons (Fsp3) is 0.556. The fourth-order valence-corrected chi connectivity index (χ4v) is 1.88. The van der Waals surface area contributed by atoms with E-state index in [1.54, 1.807) is 0 Å². The second-order valence-electron chi connectivity index (χ2n) is 5.16. The molecule has 1 atom stereocenters. The zero-order valence-corrected chi connectivity index (χ0v) is 14.7. The van der Waals surface area contributed by atoms with Crippen molar-refractivity contribution in [3.05, 3.63) is 35.4 Å². The van der Waals surface area contributed by atoms with Gasteiger partial charge in [0.05, 0.1) is 11.8 Å². The number of oxime groups is 1. The van der Waals surface area contributed by atoms with Gasteiger partial charge in [0.1, 0.15) is 6.61 Å². The molecule has 1 unspecified atom stereocenters. The first-order valence-electron chi connectivity index (χ1n) is 8.00. The van der Waals surface area contributed by atoms with Crippen molar-refractivity contribution in [1.29, 1.82) is 0 Å². The van der Waals surface area contributed by atoms with Crippen molar-refractivity contribution >= 4 is 11.5 Å². The van der Waals surface area contributed by atoms with E-state index in [-0.39, 0.29) is 11.7 Å². The molecule has 0 heterocycles. The zero-order valence-electron chi connectivity index (χ0n) is 14.7. The van der Waals surface area contributed by atoms with Crippen LogP contribution in [0.4, 0.5) is 0 Å². The number of benzene rings is 1. The van der Waals surface area contributed by atoms with E-state index in [1.807, 2.05) is 65.8 Å². The van der Waals surface area contributed by atoms with Gasteiger partial charge in [0.15, 0.2) is 5.78 Å². The summed E-state index contributed by atoms with van der Waals surface area (Å²) in [5.74, 6) is 0.0769. The number of nitrogens with two attached hydrogens (primary N) is 1. The van der Waals surface area contributed by atoms with Gasteiger partial charge in [0.2, 0.25) is 0 Å². The number of hydrogen-bond acceptors (Lipinski definition) is 4. The topological polar surface area (TPSA) is 64.7 Å². The van der Waals surface area contributed by atoms with Crippen LogP contribution in [0.5, 0.6) is 0 Å². The molecule has 1 aromatic rings. The van der Waals surface area contributed by atoms with Crippen molar-refractivity contribution in [3.8, 4) is 0 Å². The van der Waals surface area contributed by atoms with Crippen LogP contribution in [0.25, 0.3) is 0 Å². The van der Waals surface area contributed by atoms with Gasteiger partial charge in [-0.3, -0.25) is 4.79 Å². The van der Waals surface area contributed by atoms with E-state index in [1.165, 1.54) is 0 Å². The minimum atomic E-state index is -0.431. The standard InChI is InChI=1S/C16H24N2O2.C2H6/c1-5-20-18-12(4)14-8-6-13(7-9-14)10-15(17)16(19)11(2)3;1-2/h6-9,11,15H,5,10,17H2,1-4H3;1-2H3/b18-12-;. The molecule has 0 aliphatic carbocycles. The SMILES string of the molecule is CC.CCO/N=C(/C)c1ccc(CC(N)C(=O)C(C)C)cc1. The molecule has 2 N–H and O–H groups in total. The molecule has 0 spiro atoms. The van der Waals surface area contributed by atoms with Crippen molar-refractivity contribution in [2.24, 2.45) is 16.8 Å². The van der Waals surface area contributed by atoms with Gasteiger partial charge in [-0.2, -0.15) is 0 Å². The Morgan fingerprint density at radius 1 is 1.23 bits per heavy atom. The van der Waals surface area contributed by atoms with Gasteiger partial charge in [-0.1, -0.05) is 57.1 Å². The zero-order chi connectivity index (χ0) is 17.1. The maximum atomic E-state index is 11.8. The molecule has 1 rings (SSSR count). The minimum absolute atomic E-state index is 0.0233. The number of Topliss-reactive ketones (excluding diaryl/α,β-unsaturated/α-hetero) is 1. The summed E-state index contributed by atoms with van der Waals surface area (Å²) in [5.41, 5.74) is 8.82. The first kappa shape index (κ1) is 20.3. The summed E-state index contributed by atoms with van der Waals surface area (Å²) < 4.78 is 0. The number of rotatable bonds is 7. The van der Waals surface area contributed by atoms with Gasteiger partial charge in [0, 0.05) is 5.92 Å². The second kappa shape index (κ2) is 11.0. The number of nitrogens with zero attached hydrogens (tertiary/aromatic N) is 1. The Balaban J connectivity index is 0.00000211. The lowest BCUT2D eigenvalue weighted by Gasteiger charge is -2.13. The Morgan fingerprint density at radius 3 is 2.23 bits per heavy atom. The van der Waals surface area contributed by atoms with E-state index in [4.69, 9.17) is 10.6 Å². The molecule has 0 fully saturated rings. The lowest BCUT2D eigenvalue weighted by molar-refractivity contribution is -0.123. The first-order valence-corrected chi connectivity index (χ1v) is 8.00. The highest BCUT2D eigenvalue weighted by atomic mass is 16.6. The molecule has 0 aliphatic rings. The van der Waals surface area contributed by atoms with Crippen LogP contribution in [-0.2, 0) is 16.1 Å². The Morgan fingerprint density at radius 2 is 1.77 bits per heavy atom. The van der Waals surface area contributed by atoms with Gasteiger partial charge in [-0.25, -0.2) is 0 Å². The van der Waals surface area contributed by atoms with Gasteiger partial charge in [-0.15, -0.1) is 0 Å². The molecule has 0 saturated carbocycles. The highest BCUT2D eigenvalue weighted by Crippen LogP contribution is 2.10. The third-order valence-electron chi connectivity index (χ3n) is 3.09. The molecule has 1 aromatic carbocycles. The van der Waals surface area contributed by atoms with Gasteiger partial charge < -0.3 is 10.6 Å². The van der Waals surface area contributed by atoms with Crippen LogP contribution in [0.3, 0.4) is 0 Å². The highest BCUT2D eigenvalue weighted by Gasteiger charge is 2.17. The lowest BCUT2D eigenvalue weighted by atomic mass is 9.96. The molecule has 0 radical (unpaired) electrons. The van der Waals surface area contributed by atoms with Crippen LogP contribution in [0.2, 0.25) is 0 Å². The van der Waals surface area contributed by atoms with Crippen molar-refractivity contribution in [2.75, 3.05) is 6.61 Å². The highest BCUT2D eigenvalue weighted by molar-refractivity contribution is 5.98. The number of carbonyl (C=O) groups excluding carboxylic acids is 1. The van der Waals surface area contributed by atoms with Crippen LogP contribution < -0.4 is 5.73 Å². The molecule has 4 nitrogen and oxygen atoms in total. The predicted octanol–water partition coefficient (Wildman–Crippen LogP) is 3.57. The van der Waals surface area contributed by atoms with Gasteiger partial charge in [0.25, 0.3) is 0 Å². The van der Waals surface area contributed by atoms with Crippen molar-refractivity contribution in [2.45, 2.75) is 54.0 Å². The molecule has 0 aliphatic heterocycles. The Bertz CT molecular complexity index is 464. The average Bonchev–Trinajstić information content (AvgIpc) is 2.54. The monoisotopic (exact) mass is 306 g/mol. The summed E-state index contributed by atoms with van der Waals surface area (Å²) in [6.07, 6.45) is 0.568. The summed E-state index contributed by atoms with van der Waals surface area (Å²) in [7, 11) is 0. The van der Waals surface area contributed by atoms with Gasteiger partial charge in [-0.05, 0) is 31.4 Å². The molecular weight excluding hydrogens is 276 g/mol. The molecule has 0 amide bonds. The van der Waals surface area contributed by atoms with Crippen LogP contribution in [0, 0.1) is 5.92 Å². The third-order valence-corrected chi connectivity index (χ3v) is 3.09. The Labute approximate surface area is 134 Å². The summed E-state index contributed by atoms with van der Waals surface area (Å²) in [6.45, 7) is 12.1. The molecule has 124 valence electrons. The van der Waals surface area contributed by atoms with Crippen molar-refractivity contribution in [1.82, 2.24) is 0 Å². The van der Waals surface area contributed by atoms with Gasteiger partial charge >= 0.3 is 0 Å². The lowest BCUT2D eigenvalue weighted by Crippen LogP contribution is -2.35. The first-order chi connectivity index (χ1) is 10.5. The van der Waals surface area contributed by atoms with E-state index in [0.29, 0.717) is 13.0 Å². The average molecular weight is 306 g/mol. The fourth-order valence-electron chi connectivity index (χ4n) is 1.88. The molecule has 0 aromatic heterocycles. The normalized spacial score (nSPS) is 12.5. The van der Waals surface area contributed by atoms with Crippen LogP contribution in [-0.4, -0.2) is 24.1 Å². The maximum Gasteiger partial charge on any atom is 0.152 e. The predicted molar refractivity (Wildman–Crippen MR) is 93.2 cm³/mol. The molecule has 0 bridgehead atoms. The quantitative estimate of drug-likeness (QED) is 0.618. The minimum Gasteiger partial charge on any atom is -0.396 e. The van der Waals surface area contributed by atoms with E-state index in [0.717, 1.165) is 16.8 Å². The number of hydrogen-bond donors (Lipinski definition) is 1. The Kier molecular flexibility index (Phi) is 10.1. The third kappa shape index (κ3) is 6.85. The largest absolute Gasteiger partial charge is 0.396 e. The van der Waals surface area contributed by atoms with Crippen LogP contribution in [0.15, 0.2) is 29.4 Å². The van der Waals surface area contributed by atoms with E-state index in [2.05, 4.69) is 5.16 Å². The second-order valence-corrected chi connectivity index (χ2v) is 5.16. The number of ketones is 1. The summed E-state index contributed by atoms with van der Waals surface area (Å²) in [6, 6.07) is 7.47. The number of carbonyl (C=O) groups is 1. The summed E-state index contributed by atoms with van der Waals surface area (Å²) in [5, 5.41) is 3.99.